The summed E-state index contributed by atoms with van der Waals surface area (Å²) in [6.07, 6.45) is 8.37. The zero-order valence-electron chi connectivity index (χ0n) is 12.3. The first-order valence-electron chi connectivity index (χ1n) is 7.64. The van der Waals surface area contributed by atoms with Crippen LogP contribution in [-0.2, 0) is 11.2 Å². The van der Waals surface area contributed by atoms with Gasteiger partial charge in [-0.1, -0.05) is 19.1 Å². The summed E-state index contributed by atoms with van der Waals surface area (Å²) in [4.78, 5) is 13.6. The summed E-state index contributed by atoms with van der Waals surface area (Å²) in [6, 6.07) is 6.86. The van der Waals surface area contributed by atoms with Crippen molar-refractivity contribution in [2.75, 3.05) is 13.1 Å². The summed E-state index contributed by atoms with van der Waals surface area (Å²) < 4.78 is 0. The average Bonchev–Trinajstić information content (AvgIpc) is 2.55. The normalized spacial score (nSPS) is 17.9. The van der Waals surface area contributed by atoms with E-state index in [1.807, 2.05) is 13.1 Å². The summed E-state index contributed by atoms with van der Waals surface area (Å²) in [7, 11) is 0. The van der Waals surface area contributed by atoms with Crippen molar-refractivity contribution in [2.24, 2.45) is 4.99 Å². The number of hydrogen-bond acceptors (Lipinski definition) is 3. The Balaban J connectivity index is 0.000000328. The first-order chi connectivity index (χ1) is 9.85. The van der Waals surface area contributed by atoms with E-state index < -0.39 is 0 Å². The molecular formula is C17H24N2O. The first-order valence-corrected chi connectivity index (χ1v) is 7.64. The van der Waals surface area contributed by atoms with Gasteiger partial charge in [0.2, 0.25) is 0 Å². The number of nitrogens with one attached hydrogen (secondary N) is 1. The Hall–Kier alpha value is -1.48. The molecule has 20 heavy (non-hydrogen) atoms. The van der Waals surface area contributed by atoms with E-state index in [9.17, 15) is 4.79 Å². The maximum atomic E-state index is 9.17. The summed E-state index contributed by atoms with van der Waals surface area (Å²) in [5.74, 6) is 0.762. The predicted octanol–water partition coefficient (Wildman–Crippen LogP) is 3.40. The third-order valence-electron chi connectivity index (χ3n) is 3.85. The number of carbonyl (C=O) groups is 1. The molecule has 0 bridgehead atoms. The van der Waals surface area contributed by atoms with Crippen LogP contribution < -0.4 is 5.32 Å². The van der Waals surface area contributed by atoms with Gasteiger partial charge in [-0.2, -0.15) is 0 Å². The van der Waals surface area contributed by atoms with E-state index >= 15 is 0 Å². The summed E-state index contributed by atoms with van der Waals surface area (Å²) in [5, 5.41) is 3.42. The summed E-state index contributed by atoms with van der Waals surface area (Å²) >= 11 is 0. The van der Waals surface area contributed by atoms with Gasteiger partial charge in [0.1, 0.15) is 6.29 Å². The third kappa shape index (κ3) is 4.01. The Morgan fingerprint density at radius 1 is 1.35 bits per heavy atom. The van der Waals surface area contributed by atoms with Gasteiger partial charge in [-0.3, -0.25) is 4.99 Å². The van der Waals surface area contributed by atoms with Gasteiger partial charge < -0.3 is 10.1 Å². The second-order valence-electron chi connectivity index (χ2n) is 5.34. The van der Waals surface area contributed by atoms with Crippen molar-refractivity contribution in [1.29, 1.82) is 0 Å². The van der Waals surface area contributed by atoms with Crippen molar-refractivity contribution >= 4 is 18.2 Å². The fourth-order valence-electron chi connectivity index (χ4n) is 2.72. The molecule has 0 aromatic heterocycles. The van der Waals surface area contributed by atoms with Gasteiger partial charge in [-0.15, -0.1) is 0 Å². The number of benzene rings is 1. The minimum atomic E-state index is 0.639. The van der Waals surface area contributed by atoms with Gasteiger partial charge in [0.15, 0.2) is 0 Å². The molecule has 1 fully saturated rings. The minimum absolute atomic E-state index is 0.639. The molecule has 0 unspecified atom stereocenters. The van der Waals surface area contributed by atoms with Crippen LogP contribution >= 0.6 is 0 Å². The topological polar surface area (TPSA) is 41.5 Å². The maximum absolute atomic E-state index is 9.17. The van der Waals surface area contributed by atoms with E-state index in [0.29, 0.717) is 6.42 Å². The Kier molecular flexibility index (Phi) is 5.93. The molecule has 3 heteroatoms. The van der Waals surface area contributed by atoms with Gasteiger partial charge in [0.25, 0.3) is 0 Å². The van der Waals surface area contributed by atoms with Crippen molar-refractivity contribution in [3.8, 4) is 0 Å². The highest BCUT2D eigenvalue weighted by atomic mass is 16.1. The number of rotatable bonds is 2. The van der Waals surface area contributed by atoms with Crippen LogP contribution in [0.1, 0.15) is 49.7 Å². The monoisotopic (exact) mass is 272 g/mol. The molecule has 3 rings (SSSR count). The van der Waals surface area contributed by atoms with Crippen LogP contribution in [0.5, 0.6) is 0 Å². The van der Waals surface area contributed by atoms with Crippen LogP contribution in [0.3, 0.4) is 0 Å². The van der Waals surface area contributed by atoms with E-state index in [0.717, 1.165) is 25.0 Å². The van der Waals surface area contributed by atoms with Crippen molar-refractivity contribution in [3.63, 3.8) is 0 Å². The molecule has 108 valence electrons. The fourth-order valence-corrected chi connectivity index (χ4v) is 2.72. The highest BCUT2D eigenvalue weighted by Gasteiger charge is 2.16. The predicted molar refractivity (Wildman–Crippen MR) is 84.1 cm³/mol. The second kappa shape index (κ2) is 7.95. The quantitative estimate of drug-likeness (QED) is 0.838. The van der Waals surface area contributed by atoms with E-state index in [1.54, 1.807) is 0 Å². The lowest BCUT2D eigenvalue weighted by Crippen LogP contribution is -2.26. The number of carbonyl (C=O) groups excluding carboxylic acids is 1. The van der Waals surface area contributed by atoms with E-state index in [-0.39, 0.29) is 0 Å². The molecule has 2 aliphatic rings. The van der Waals surface area contributed by atoms with Gasteiger partial charge >= 0.3 is 0 Å². The molecule has 1 saturated heterocycles. The number of hydrogen-bond donors (Lipinski definition) is 1. The first kappa shape index (κ1) is 14.9. The molecule has 1 aromatic rings. The average molecular weight is 272 g/mol. The van der Waals surface area contributed by atoms with Crippen molar-refractivity contribution < 1.29 is 4.79 Å². The minimum Gasteiger partial charge on any atom is -0.317 e. The molecule has 1 N–H and O–H groups in total. The number of aliphatic imine (C=N–C) groups is 1. The van der Waals surface area contributed by atoms with E-state index in [2.05, 4.69) is 28.5 Å². The van der Waals surface area contributed by atoms with Gasteiger partial charge in [0.05, 0.1) is 5.69 Å². The molecule has 0 aliphatic carbocycles. The third-order valence-corrected chi connectivity index (χ3v) is 3.85. The van der Waals surface area contributed by atoms with Crippen LogP contribution in [-0.4, -0.2) is 25.6 Å². The SMILES string of the molecule is C1=Nc2ccc(C3CCNCC3)cc2CC1.CCC=O. The lowest BCUT2D eigenvalue weighted by atomic mass is 9.88. The van der Waals surface area contributed by atoms with E-state index in [1.165, 1.54) is 42.7 Å². The molecule has 3 nitrogen and oxygen atoms in total. The molecular weight excluding hydrogens is 248 g/mol. The van der Waals surface area contributed by atoms with Crippen LogP contribution in [0.15, 0.2) is 23.2 Å². The van der Waals surface area contributed by atoms with Crippen LogP contribution in [0.25, 0.3) is 0 Å². The Labute approximate surface area is 121 Å². The Morgan fingerprint density at radius 3 is 2.80 bits per heavy atom. The zero-order valence-corrected chi connectivity index (χ0v) is 12.3. The van der Waals surface area contributed by atoms with E-state index in [4.69, 9.17) is 0 Å². The van der Waals surface area contributed by atoms with Gasteiger partial charge in [0, 0.05) is 12.6 Å². The van der Waals surface area contributed by atoms with Gasteiger partial charge in [-0.25, -0.2) is 0 Å². The number of piperidine rings is 1. The number of aryl methyl sites for hydroxylation is 1. The molecule has 0 radical (unpaired) electrons. The molecule has 1 aromatic carbocycles. The van der Waals surface area contributed by atoms with Crippen LogP contribution in [0.2, 0.25) is 0 Å². The lowest BCUT2D eigenvalue weighted by molar-refractivity contribution is -0.107. The number of fused-ring (bicyclic) bond motifs is 1. The highest BCUT2D eigenvalue weighted by molar-refractivity contribution is 5.69. The van der Waals surface area contributed by atoms with Gasteiger partial charge in [-0.05, 0) is 61.9 Å². The molecule has 0 spiro atoms. The number of nitrogens with zero attached hydrogens (tertiary/aromatic N) is 1. The van der Waals surface area contributed by atoms with Crippen molar-refractivity contribution in [2.45, 2.75) is 44.9 Å². The molecule has 0 atom stereocenters. The smallest absolute Gasteiger partial charge is 0.119 e. The highest BCUT2D eigenvalue weighted by Crippen LogP contribution is 2.31. The zero-order chi connectivity index (χ0) is 14.2. The largest absolute Gasteiger partial charge is 0.317 e. The van der Waals surface area contributed by atoms with Crippen molar-refractivity contribution in [1.82, 2.24) is 5.32 Å². The molecule has 2 heterocycles. The maximum Gasteiger partial charge on any atom is 0.119 e. The molecule has 2 aliphatic heterocycles. The summed E-state index contributed by atoms with van der Waals surface area (Å²) in [6.45, 7) is 4.15. The summed E-state index contributed by atoms with van der Waals surface area (Å²) in [5.41, 5.74) is 4.15. The molecule has 0 saturated carbocycles. The lowest BCUT2D eigenvalue weighted by Gasteiger charge is -2.24. The van der Waals surface area contributed by atoms with Crippen LogP contribution in [0.4, 0.5) is 5.69 Å². The fraction of sp³-hybridized carbons (Fsp3) is 0.529. The van der Waals surface area contributed by atoms with Crippen molar-refractivity contribution in [3.05, 3.63) is 29.3 Å². The second-order valence-corrected chi connectivity index (χ2v) is 5.34. The standard InChI is InChI=1S/C14H18N2.C3H6O/c1-2-13-10-12(3-4-14(13)16-7-1)11-5-8-15-9-6-11;1-2-3-4/h3-4,7,10-11,15H,1-2,5-6,8-9H2;3H,2H2,1H3. The number of aldehydes is 1. The van der Waals surface area contributed by atoms with Crippen LogP contribution in [0, 0.1) is 0 Å². The Bertz CT molecular complexity index is 462. The Morgan fingerprint density at radius 2 is 2.10 bits per heavy atom. The molecule has 0 amide bonds.